The largest absolute Gasteiger partial charge is 1.00 e. The predicted octanol–water partition coefficient (Wildman–Crippen LogP) is -0.673. The van der Waals surface area contributed by atoms with Crippen LogP contribution in [-0.4, -0.2) is 25.1 Å². The Kier molecular flexibility index (Phi) is 10.1. The van der Waals surface area contributed by atoms with Crippen molar-refractivity contribution in [2.75, 3.05) is 13.2 Å². The van der Waals surface area contributed by atoms with E-state index in [4.69, 9.17) is 9.47 Å². The number of hydrogen-bond donors (Lipinski definition) is 1. The molecule has 0 heterocycles. The third-order valence-electron chi connectivity index (χ3n) is 2.70. The number of esters is 2. The standard InChI is InChI=1S/C15H21NO4.Na.H/c1-4-19-15(18)9-11(2)16-10-13-7-5-6-8-14(13)20-12(3)17;;/h5-6,9,16H,4,7-8,10H2,1-3H3;;/q;+1;-1. The Bertz CT molecular complexity index is 472. The summed E-state index contributed by atoms with van der Waals surface area (Å²) >= 11 is 0. The van der Waals surface area contributed by atoms with Gasteiger partial charge in [0.2, 0.25) is 0 Å². The number of carbonyl (C=O) groups is 2. The minimum atomic E-state index is -0.366. The molecule has 1 N–H and O–H groups in total. The van der Waals surface area contributed by atoms with E-state index in [0.29, 0.717) is 31.0 Å². The van der Waals surface area contributed by atoms with Gasteiger partial charge in [0.1, 0.15) is 5.76 Å². The van der Waals surface area contributed by atoms with Gasteiger partial charge >= 0.3 is 41.5 Å². The molecule has 21 heavy (non-hydrogen) atoms. The summed E-state index contributed by atoms with van der Waals surface area (Å²) in [5.41, 5.74) is 1.73. The Morgan fingerprint density at radius 3 is 2.62 bits per heavy atom. The van der Waals surface area contributed by atoms with Crippen LogP contribution in [0.15, 0.2) is 35.3 Å². The topological polar surface area (TPSA) is 64.6 Å². The fraction of sp³-hybridized carbons (Fsp3) is 0.467. The first kappa shape index (κ1) is 20.0. The van der Waals surface area contributed by atoms with E-state index in [1.54, 1.807) is 13.8 Å². The molecule has 1 rings (SSSR count). The minimum absolute atomic E-state index is 0. The Hall–Kier alpha value is -1.04. The van der Waals surface area contributed by atoms with Crippen LogP contribution in [0.2, 0.25) is 0 Å². The van der Waals surface area contributed by atoms with Crippen LogP contribution in [0, 0.1) is 0 Å². The summed E-state index contributed by atoms with van der Waals surface area (Å²) in [4.78, 5) is 22.3. The second-order valence-corrected chi connectivity index (χ2v) is 4.43. The number of allylic oxidation sites excluding steroid dienone is 3. The molecule has 6 heteroatoms. The van der Waals surface area contributed by atoms with E-state index >= 15 is 0 Å². The Morgan fingerprint density at radius 1 is 1.33 bits per heavy atom. The molecule has 0 saturated heterocycles. The summed E-state index contributed by atoms with van der Waals surface area (Å²) in [5.74, 6) is 0.0123. The fourth-order valence-electron chi connectivity index (χ4n) is 1.79. The summed E-state index contributed by atoms with van der Waals surface area (Å²) in [7, 11) is 0. The molecule has 1 aliphatic rings. The molecule has 0 aliphatic heterocycles. The van der Waals surface area contributed by atoms with Crippen molar-refractivity contribution < 1.29 is 50.0 Å². The van der Waals surface area contributed by atoms with Gasteiger partial charge in [0.15, 0.2) is 0 Å². The third-order valence-corrected chi connectivity index (χ3v) is 2.70. The van der Waals surface area contributed by atoms with E-state index in [1.807, 2.05) is 12.2 Å². The molecular formula is C15H22NNaO4. The van der Waals surface area contributed by atoms with Crippen LogP contribution >= 0.6 is 0 Å². The van der Waals surface area contributed by atoms with E-state index in [2.05, 4.69) is 5.32 Å². The maximum atomic E-state index is 11.3. The zero-order chi connectivity index (χ0) is 15.0. The molecule has 0 bridgehead atoms. The molecule has 0 atom stereocenters. The van der Waals surface area contributed by atoms with Crippen LogP contribution in [0.25, 0.3) is 0 Å². The van der Waals surface area contributed by atoms with Crippen LogP contribution < -0.4 is 34.9 Å². The monoisotopic (exact) mass is 303 g/mol. The first-order valence-corrected chi connectivity index (χ1v) is 6.66. The molecule has 0 unspecified atom stereocenters. The molecule has 0 fully saturated rings. The first-order valence-electron chi connectivity index (χ1n) is 6.66. The van der Waals surface area contributed by atoms with Crippen LogP contribution in [0.3, 0.4) is 0 Å². The van der Waals surface area contributed by atoms with Gasteiger partial charge in [-0.2, -0.15) is 0 Å². The van der Waals surface area contributed by atoms with Gasteiger partial charge in [-0.1, -0.05) is 12.2 Å². The SMILES string of the molecule is CCOC(=O)C=C(C)NCC1=C(OC(C)=O)CC=CC1.[H-].[Na+]. The Balaban J connectivity index is 0. The van der Waals surface area contributed by atoms with Gasteiger partial charge in [-0.15, -0.1) is 0 Å². The fourth-order valence-corrected chi connectivity index (χ4v) is 1.79. The van der Waals surface area contributed by atoms with Crippen molar-refractivity contribution in [2.45, 2.75) is 33.6 Å². The van der Waals surface area contributed by atoms with E-state index in [-0.39, 0.29) is 42.9 Å². The van der Waals surface area contributed by atoms with E-state index in [0.717, 1.165) is 12.0 Å². The second kappa shape index (κ2) is 10.7. The zero-order valence-corrected chi connectivity index (χ0v) is 15.2. The summed E-state index contributed by atoms with van der Waals surface area (Å²) in [6, 6.07) is 0. The quantitative estimate of drug-likeness (QED) is 0.305. The predicted molar refractivity (Wildman–Crippen MR) is 76.7 cm³/mol. The van der Waals surface area contributed by atoms with Gasteiger partial charge in [-0.05, 0) is 25.8 Å². The van der Waals surface area contributed by atoms with Gasteiger partial charge in [-0.3, -0.25) is 4.79 Å². The van der Waals surface area contributed by atoms with Gasteiger partial charge in [0.05, 0.1) is 6.61 Å². The number of rotatable bonds is 6. The normalized spacial score (nSPS) is 14.3. The molecular weight excluding hydrogens is 281 g/mol. The molecule has 1 aliphatic carbocycles. The van der Waals surface area contributed by atoms with Crippen molar-refractivity contribution >= 4 is 11.9 Å². The number of nitrogens with one attached hydrogen (secondary N) is 1. The molecule has 0 aromatic carbocycles. The van der Waals surface area contributed by atoms with Crippen LogP contribution in [0.5, 0.6) is 0 Å². The van der Waals surface area contributed by atoms with Crippen molar-refractivity contribution in [1.82, 2.24) is 5.32 Å². The zero-order valence-electron chi connectivity index (χ0n) is 14.2. The van der Waals surface area contributed by atoms with Crippen molar-refractivity contribution in [2.24, 2.45) is 0 Å². The molecule has 0 saturated carbocycles. The van der Waals surface area contributed by atoms with Gasteiger partial charge < -0.3 is 16.2 Å². The maximum absolute atomic E-state index is 11.3. The average molecular weight is 303 g/mol. The second-order valence-electron chi connectivity index (χ2n) is 4.43. The molecule has 5 nitrogen and oxygen atoms in total. The summed E-state index contributed by atoms with van der Waals surface area (Å²) in [6.07, 6.45) is 6.78. The summed E-state index contributed by atoms with van der Waals surface area (Å²) in [6.45, 7) is 5.84. The van der Waals surface area contributed by atoms with Crippen molar-refractivity contribution in [3.8, 4) is 0 Å². The Morgan fingerprint density at radius 2 is 2.00 bits per heavy atom. The number of ether oxygens (including phenoxy) is 2. The van der Waals surface area contributed by atoms with E-state index in [9.17, 15) is 9.59 Å². The molecule has 112 valence electrons. The average Bonchev–Trinajstić information content (AvgIpc) is 2.37. The molecule has 0 radical (unpaired) electrons. The van der Waals surface area contributed by atoms with Crippen molar-refractivity contribution in [3.63, 3.8) is 0 Å². The van der Waals surface area contributed by atoms with Crippen LogP contribution in [-0.2, 0) is 19.1 Å². The van der Waals surface area contributed by atoms with Crippen molar-refractivity contribution in [1.29, 1.82) is 0 Å². The number of hydrogen-bond acceptors (Lipinski definition) is 5. The Labute approximate surface area is 149 Å². The van der Waals surface area contributed by atoms with Crippen LogP contribution in [0.1, 0.15) is 35.0 Å². The first-order chi connectivity index (χ1) is 9.52. The smallest absolute Gasteiger partial charge is 1.00 e. The van der Waals surface area contributed by atoms with Gasteiger partial charge in [0, 0.05) is 31.7 Å². The third kappa shape index (κ3) is 8.09. The van der Waals surface area contributed by atoms with E-state index < -0.39 is 0 Å². The summed E-state index contributed by atoms with van der Waals surface area (Å²) in [5, 5.41) is 3.12. The molecule has 0 aromatic heterocycles. The van der Waals surface area contributed by atoms with Crippen LogP contribution in [0.4, 0.5) is 0 Å². The van der Waals surface area contributed by atoms with Gasteiger partial charge in [0.25, 0.3) is 0 Å². The summed E-state index contributed by atoms with van der Waals surface area (Å²) < 4.78 is 10.0. The van der Waals surface area contributed by atoms with Crippen molar-refractivity contribution in [3.05, 3.63) is 35.3 Å². The minimum Gasteiger partial charge on any atom is -1.00 e. The molecule has 0 aromatic rings. The maximum Gasteiger partial charge on any atom is 1.00 e. The van der Waals surface area contributed by atoms with Gasteiger partial charge in [-0.25, -0.2) is 4.79 Å². The molecule has 0 amide bonds. The van der Waals surface area contributed by atoms with E-state index in [1.165, 1.54) is 13.0 Å². The number of carbonyl (C=O) groups excluding carboxylic acids is 2. The molecule has 0 spiro atoms.